The summed E-state index contributed by atoms with van der Waals surface area (Å²) in [6, 6.07) is 9.06. The summed E-state index contributed by atoms with van der Waals surface area (Å²) < 4.78 is 43.7. The first-order valence-electron chi connectivity index (χ1n) is 10.3. The second kappa shape index (κ2) is 10.8. The first-order valence-corrected chi connectivity index (χ1v) is 10.3. The van der Waals surface area contributed by atoms with Gasteiger partial charge in [0.15, 0.2) is 5.82 Å². The summed E-state index contributed by atoms with van der Waals surface area (Å²) in [5.41, 5.74) is 2.23. The number of aromatic amines is 1. The number of methoxy groups -OCH3 is 1. The highest BCUT2D eigenvalue weighted by Crippen LogP contribution is 2.27. The molecule has 0 spiro atoms. The van der Waals surface area contributed by atoms with E-state index in [2.05, 4.69) is 30.0 Å². The molecule has 2 aromatic heterocycles. The van der Waals surface area contributed by atoms with Gasteiger partial charge in [0.2, 0.25) is 5.91 Å². The lowest BCUT2D eigenvalue weighted by Crippen LogP contribution is -2.44. The minimum Gasteiger partial charge on any atom is -0.453 e. The van der Waals surface area contributed by atoms with Crippen molar-refractivity contribution in [3.63, 3.8) is 0 Å². The SMILES string of the molecule is COC(=O)NCC(=O)N(Cc1ncc(-c2ccc(-c3ncccn3)cc2)[nH]1)CC(C)C(F)(F)F. The van der Waals surface area contributed by atoms with E-state index in [0.717, 1.165) is 30.1 Å². The Hall–Kier alpha value is -3.96. The summed E-state index contributed by atoms with van der Waals surface area (Å²) in [6.45, 7) is -0.307. The van der Waals surface area contributed by atoms with Crippen molar-refractivity contribution in [3.05, 3.63) is 54.7 Å². The molecule has 180 valence electrons. The Morgan fingerprint density at radius 1 is 1.12 bits per heavy atom. The molecule has 3 rings (SSSR count). The normalized spacial score (nSPS) is 12.1. The zero-order chi connectivity index (χ0) is 24.7. The Labute approximate surface area is 193 Å². The highest BCUT2D eigenvalue weighted by Gasteiger charge is 2.38. The van der Waals surface area contributed by atoms with Gasteiger partial charge in [-0.3, -0.25) is 4.79 Å². The Morgan fingerprint density at radius 3 is 2.38 bits per heavy atom. The van der Waals surface area contributed by atoms with E-state index in [4.69, 9.17) is 0 Å². The molecule has 34 heavy (non-hydrogen) atoms. The fraction of sp³-hybridized carbons (Fsp3) is 0.318. The summed E-state index contributed by atoms with van der Waals surface area (Å²) in [5.74, 6) is -1.59. The number of benzene rings is 1. The van der Waals surface area contributed by atoms with E-state index >= 15 is 0 Å². The molecular formula is C22H23F3N6O3. The fourth-order valence-corrected chi connectivity index (χ4v) is 3.04. The number of rotatable bonds is 8. The number of ether oxygens (including phenoxy) is 1. The number of halogens is 3. The Morgan fingerprint density at radius 2 is 1.76 bits per heavy atom. The number of alkyl halides is 3. The van der Waals surface area contributed by atoms with Crippen LogP contribution in [0.15, 0.2) is 48.9 Å². The molecule has 0 aliphatic rings. The lowest BCUT2D eigenvalue weighted by molar-refractivity contribution is -0.176. The number of H-pyrrole nitrogens is 1. The summed E-state index contributed by atoms with van der Waals surface area (Å²) in [4.78, 5) is 40.4. The van der Waals surface area contributed by atoms with Crippen LogP contribution < -0.4 is 5.32 Å². The number of carbonyl (C=O) groups is 2. The molecule has 2 amide bonds. The van der Waals surface area contributed by atoms with Crippen molar-refractivity contribution in [2.75, 3.05) is 20.2 Å². The number of hydrogen-bond donors (Lipinski definition) is 2. The van der Waals surface area contributed by atoms with Crippen LogP contribution in [-0.2, 0) is 16.1 Å². The first kappa shape index (κ1) is 24.7. The maximum atomic E-state index is 13.1. The number of amides is 2. The fourth-order valence-electron chi connectivity index (χ4n) is 3.04. The third kappa shape index (κ3) is 6.53. The number of alkyl carbamates (subject to hydrolysis) is 1. The van der Waals surface area contributed by atoms with Gasteiger partial charge >= 0.3 is 12.3 Å². The van der Waals surface area contributed by atoms with Gasteiger partial charge in [-0.05, 0) is 11.6 Å². The smallest absolute Gasteiger partial charge is 0.407 e. The van der Waals surface area contributed by atoms with Crippen LogP contribution in [0.3, 0.4) is 0 Å². The van der Waals surface area contributed by atoms with Gasteiger partial charge in [0, 0.05) is 24.5 Å². The summed E-state index contributed by atoms with van der Waals surface area (Å²) in [5, 5.41) is 2.19. The third-order valence-corrected chi connectivity index (χ3v) is 4.96. The van der Waals surface area contributed by atoms with E-state index in [1.165, 1.54) is 6.20 Å². The molecule has 0 radical (unpaired) electrons. The van der Waals surface area contributed by atoms with E-state index in [-0.39, 0.29) is 6.54 Å². The molecule has 1 atom stereocenters. The van der Waals surface area contributed by atoms with Crippen molar-refractivity contribution in [1.82, 2.24) is 30.2 Å². The third-order valence-electron chi connectivity index (χ3n) is 4.96. The van der Waals surface area contributed by atoms with Gasteiger partial charge in [-0.2, -0.15) is 13.2 Å². The van der Waals surface area contributed by atoms with Crippen LogP contribution in [0.25, 0.3) is 22.6 Å². The van der Waals surface area contributed by atoms with E-state index in [9.17, 15) is 22.8 Å². The van der Waals surface area contributed by atoms with Crippen molar-refractivity contribution in [2.45, 2.75) is 19.6 Å². The molecule has 0 aliphatic heterocycles. The summed E-state index contributed by atoms with van der Waals surface area (Å²) in [6.07, 6.45) is -0.518. The molecule has 9 nitrogen and oxygen atoms in total. The predicted molar refractivity (Wildman–Crippen MR) is 116 cm³/mol. The van der Waals surface area contributed by atoms with Gasteiger partial charge in [-0.15, -0.1) is 0 Å². The van der Waals surface area contributed by atoms with Crippen LogP contribution in [-0.4, -0.2) is 63.2 Å². The van der Waals surface area contributed by atoms with Gasteiger partial charge in [0.05, 0.1) is 31.5 Å². The lowest BCUT2D eigenvalue weighted by atomic mass is 10.1. The number of nitrogens with zero attached hydrogens (tertiary/aromatic N) is 4. The van der Waals surface area contributed by atoms with E-state index in [0.29, 0.717) is 17.3 Å². The summed E-state index contributed by atoms with van der Waals surface area (Å²) in [7, 11) is 1.12. The highest BCUT2D eigenvalue weighted by molar-refractivity contribution is 5.82. The molecule has 0 fully saturated rings. The van der Waals surface area contributed by atoms with Gasteiger partial charge in [0.1, 0.15) is 12.4 Å². The molecule has 3 aromatic rings. The second-order valence-corrected chi connectivity index (χ2v) is 7.46. The van der Waals surface area contributed by atoms with Crippen LogP contribution in [0.5, 0.6) is 0 Å². The predicted octanol–water partition coefficient (Wildman–Crippen LogP) is 3.42. The van der Waals surface area contributed by atoms with E-state index in [1.807, 2.05) is 24.3 Å². The van der Waals surface area contributed by atoms with Crippen LogP contribution in [0.1, 0.15) is 12.7 Å². The Kier molecular flexibility index (Phi) is 7.82. The van der Waals surface area contributed by atoms with Gasteiger partial charge in [0.25, 0.3) is 0 Å². The molecule has 2 N–H and O–H groups in total. The number of carbonyl (C=O) groups excluding carboxylic acids is 2. The molecule has 0 saturated heterocycles. The molecular weight excluding hydrogens is 453 g/mol. The second-order valence-electron chi connectivity index (χ2n) is 7.46. The van der Waals surface area contributed by atoms with Crippen molar-refractivity contribution in [1.29, 1.82) is 0 Å². The number of imidazole rings is 1. The average molecular weight is 476 g/mol. The number of aromatic nitrogens is 4. The minimum absolute atomic E-state index is 0.196. The minimum atomic E-state index is -4.48. The van der Waals surface area contributed by atoms with Crippen LogP contribution in [0.2, 0.25) is 0 Å². The first-order chi connectivity index (χ1) is 16.2. The van der Waals surface area contributed by atoms with Crippen molar-refractivity contribution < 1.29 is 27.5 Å². The number of hydrogen-bond acceptors (Lipinski definition) is 6. The van der Waals surface area contributed by atoms with Crippen LogP contribution in [0.4, 0.5) is 18.0 Å². The largest absolute Gasteiger partial charge is 0.453 e. The standard InChI is InChI=1S/C22H23F3N6O3/c1-14(22(23,24)25)12-31(19(32)11-29-21(33)34-2)13-18-28-10-17(30-18)15-4-6-16(7-5-15)20-26-8-3-9-27-20/h3-10,14H,11-13H2,1-2H3,(H,28,30)(H,29,33). The molecule has 0 saturated carbocycles. The Bertz CT molecular complexity index is 1100. The zero-order valence-corrected chi connectivity index (χ0v) is 18.5. The molecule has 2 heterocycles. The van der Waals surface area contributed by atoms with Gasteiger partial charge < -0.3 is 19.9 Å². The maximum Gasteiger partial charge on any atom is 0.407 e. The maximum absolute atomic E-state index is 13.1. The van der Waals surface area contributed by atoms with Crippen LogP contribution in [0, 0.1) is 5.92 Å². The molecule has 12 heteroatoms. The zero-order valence-electron chi connectivity index (χ0n) is 18.5. The number of nitrogens with one attached hydrogen (secondary N) is 2. The topological polar surface area (TPSA) is 113 Å². The quantitative estimate of drug-likeness (QED) is 0.515. The monoisotopic (exact) mass is 476 g/mol. The summed E-state index contributed by atoms with van der Waals surface area (Å²) >= 11 is 0. The van der Waals surface area contributed by atoms with E-state index in [1.54, 1.807) is 18.5 Å². The van der Waals surface area contributed by atoms with Crippen molar-refractivity contribution in [2.24, 2.45) is 5.92 Å². The lowest BCUT2D eigenvalue weighted by Gasteiger charge is -2.26. The van der Waals surface area contributed by atoms with Crippen molar-refractivity contribution >= 4 is 12.0 Å². The molecule has 1 unspecified atom stereocenters. The van der Waals surface area contributed by atoms with Crippen LogP contribution >= 0.6 is 0 Å². The average Bonchev–Trinajstić information content (AvgIpc) is 3.30. The molecule has 1 aromatic carbocycles. The van der Waals surface area contributed by atoms with E-state index < -0.39 is 37.2 Å². The molecule has 0 bridgehead atoms. The Balaban J connectivity index is 1.73. The van der Waals surface area contributed by atoms with Gasteiger partial charge in [-0.1, -0.05) is 31.2 Å². The highest BCUT2D eigenvalue weighted by atomic mass is 19.4. The van der Waals surface area contributed by atoms with Crippen molar-refractivity contribution in [3.8, 4) is 22.6 Å². The molecule has 0 aliphatic carbocycles. The van der Waals surface area contributed by atoms with Gasteiger partial charge in [-0.25, -0.2) is 19.7 Å².